The van der Waals surface area contributed by atoms with Gasteiger partial charge in [0.05, 0.1) is 17.6 Å². The normalized spacial score (nSPS) is 10.6. The molecule has 23 heavy (non-hydrogen) atoms. The summed E-state index contributed by atoms with van der Waals surface area (Å²) in [5, 5.41) is 4.02. The first kappa shape index (κ1) is 20.4. The Hall–Kier alpha value is -0.649. The monoisotopic (exact) mass is 367 g/mol. The third-order valence-electron chi connectivity index (χ3n) is 2.76. The average molecular weight is 367 g/mol. The second-order valence-corrected chi connectivity index (χ2v) is 5.29. The summed E-state index contributed by atoms with van der Waals surface area (Å²) in [6.07, 6.45) is 0. The van der Waals surface area contributed by atoms with Crippen LogP contribution in [-0.2, 0) is 4.74 Å². The van der Waals surface area contributed by atoms with Gasteiger partial charge in [0.15, 0.2) is 0 Å². The average Bonchev–Trinajstić information content (AvgIpc) is 2.99. The molecule has 116 valence electrons. The molecule has 0 unspecified atom stereocenters. The Balaban J connectivity index is 0.00000264. The van der Waals surface area contributed by atoms with E-state index in [4.69, 9.17) is 0 Å². The first-order valence-electron chi connectivity index (χ1n) is 6.09. The van der Waals surface area contributed by atoms with Crippen LogP contribution in [0.3, 0.4) is 0 Å². The number of benzene rings is 1. The molecule has 4 nitrogen and oxygen atoms in total. The fraction of sp³-hybridized carbons (Fsp3) is 0.0769. The summed E-state index contributed by atoms with van der Waals surface area (Å²) in [5.41, 5.74) is -1.37. The largest absolute Gasteiger partial charge is 1.00 e. The van der Waals surface area contributed by atoms with Crippen molar-refractivity contribution in [2.75, 3.05) is 12.4 Å². The van der Waals surface area contributed by atoms with Gasteiger partial charge < -0.3 is 23.0 Å². The molecule has 1 aromatic heterocycles. The summed E-state index contributed by atoms with van der Waals surface area (Å²) in [5.74, 6) is -1.45. The topological polar surface area (TPSA) is 55.4 Å². The van der Waals surface area contributed by atoms with E-state index < -0.39 is 24.3 Å². The minimum atomic E-state index is -5.31. The number of hydrogen-bond donors (Lipinski definition) is 1. The van der Waals surface area contributed by atoms with Gasteiger partial charge in [-0.25, -0.2) is 4.79 Å². The zero-order valence-corrected chi connectivity index (χ0v) is 16.2. The number of hydrogen-bond acceptors (Lipinski definition) is 4. The molecule has 1 amide bonds. The Kier molecular flexibility index (Phi) is 7.49. The second kappa shape index (κ2) is 8.45. The van der Waals surface area contributed by atoms with E-state index in [1.165, 1.54) is 0 Å². The third-order valence-corrected chi connectivity index (χ3v) is 3.63. The van der Waals surface area contributed by atoms with Crippen molar-refractivity contribution < 1.29 is 78.7 Å². The van der Waals surface area contributed by atoms with Gasteiger partial charge in [-0.1, -0.05) is 18.2 Å². The van der Waals surface area contributed by atoms with E-state index in [0.717, 1.165) is 30.6 Å². The van der Waals surface area contributed by atoms with E-state index in [1.54, 1.807) is 17.5 Å². The van der Waals surface area contributed by atoms with Crippen molar-refractivity contribution in [3.8, 4) is 0 Å². The minimum Gasteiger partial charge on any atom is -0.465 e. The van der Waals surface area contributed by atoms with Crippen LogP contribution in [0.2, 0.25) is 0 Å². The molecule has 0 atom stereocenters. The fourth-order valence-corrected chi connectivity index (χ4v) is 2.37. The van der Waals surface area contributed by atoms with Crippen molar-refractivity contribution in [1.29, 1.82) is 0 Å². The fourth-order valence-electron chi connectivity index (χ4n) is 1.75. The maximum atomic E-state index is 12.9. The van der Waals surface area contributed by atoms with Crippen LogP contribution >= 0.6 is 11.3 Å². The molecule has 0 aliphatic heterocycles. The molecule has 1 N–H and O–H groups in total. The van der Waals surface area contributed by atoms with Gasteiger partial charge in [0.1, 0.15) is 0 Å². The van der Waals surface area contributed by atoms with Gasteiger partial charge >= 0.3 is 64.3 Å². The predicted molar refractivity (Wildman–Crippen MR) is 78.8 cm³/mol. The molecule has 2 aromatic rings. The smallest absolute Gasteiger partial charge is 0.465 e. The van der Waals surface area contributed by atoms with Crippen LogP contribution in [0.25, 0.3) is 0 Å². The van der Waals surface area contributed by atoms with Gasteiger partial charge in [0.25, 0.3) is 5.91 Å². The molecule has 0 saturated carbocycles. The molecular formula is C13H10BF3KNO3S. The van der Waals surface area contributed by atoms with E-state index >= 15 is 0 Å². The summed E-state index contributed by atoms with van der Waals surface area (Å²) >= 11 is 1.15. The van der Waals surface area contributed by atoms with Crippen molar-refractivity contribution in [2.45, 2.75) is 0 Å². The summed E-state index contributed by atoms with van der Waals surface area (Å²) in [6.45, 7) is -5.31. The first-order chi connectivity index (χ1) is 10.3. The van der Waals surface area contributed by atoms with E-state index in [-0.39, 0.29) is 62.6 Å². The molecule has 0 fully saturated rings. The molecule has 1 heterocycles. The number of ether oxygens (including phenoxy) is 1. The minimum absolute atomic E-state index is 0. The maximum absolute atomic E-state index is 12.9. The molecule has 0 bridgehead atoms. The molecule has 0 aliphatic carbocycles. The third kappa shape index (κ3) is 5.44. The molecule has 10 heteroatoms. The van der Waals surface area contributed by atoms with Gasteiger partial charge in [-0.05, 0) is 17.5 Å². The van der Waals surface area contributed by atoms with Crippen LogP contribution in [0.5, 0.6) is 0 Å². The summed E-state index contributed by atoms with van der Waals surface area (Å²) in [6, 6.07) is 5.82. The van der Waals surface area contributed by atoms with Crippen LogP contribution in [0, 0.1) is 0 Å². The van der Waals surface area contributed by atoms with Crippen LogP contribution in [-0.4, -0.2) is 26.0 Å². The Bertz CT molecular complexity index is 707. The van der Waals surface area contributed by atoms with Crippen molar-refractivity contribution >= 4 is 41.3 Å². The molecule has 1 aromatic carbocycles. The van der Waals surface area contributed by atoms with Crippen molar-refractivity contribution in [1.82, 2.24) is 0 Å². The van der Waals surface area contributed by atoms with Gasteiger partial charge in [0.2, 0.25) is 0 Å². The zero-order chi connectivity index (χ0) is 16.3. The number of amides is 1. The Labute approximate surface area is 176 Å². The van der Waals surface area contributed by atoms with Gasteiger partial charge in [-0.15, -0.1) is 16.8 Å². The predicted octanol–water partition coefficient (Wildman–Crippen LogP) is -0.155. The van der Waals surface area contributed by atoms with E-state index in [0.29, 0.717) is 10.9 Å². The Morgan fingerprint density at radius 3 is 2.43 bits per heavy atom. The molecule has 0 spiro atoms. The van der Waals surface area contributed by atoms with Crippen molar-refractivity contribution in [2.24, 2.45) is 0 Å². The number of nitrogens with one attached hydrogen (secondary N) is 1. The quantitative estimate of drug-likeness (QED) is 0.604. The van der Waals surface area contributed by atoms with E-state index in [2.05, 4.69) is 10.1 Å². The van der Waals surface area contributed by atoms with Crippen molar-refractivity contribution in [3.63, 3.8) is 0 Å². The number of carbonyl (C=O) groups excluding carboxylic acids is 2. The van der Waals surface area contributed by atoms with Crippen LogP contribution in [0.4, 0.5) is 18.6 Å². The first-order valence-corrected chi connectivity index (χ1v) is 6.97. The number of thiophene rings is 1. The van der Waals surface area contributed by atoms with Gasteiger partial charge in [-0.2, -0.15) is 0 Å². The van der Waals surface area contributed by atoms with Gasteiger partial charge in [-0.3, -0.25) is 4.79 Å². The maximum Gasteiger partial charge on any atom is 1.00 e. The van der Waals surface area contributed by atoms with E-state index in [9.17, 15) is 22.5 Å². The summed E-state index contributed by atoms with van der Waals surface area (Å²) in [4.78, 5) is 23.7. The van der Waals surface area contributed by atoms with Crippen molar-refractivity contribution in [3.05, 3.63) is 46.2 Å². The second-order valence-electron chi connectivity index (χ2n) is 4.34. The molecule has 0 radical (unpaired) electrons. The summed E-state index contributed by atoms with van der Waals surface area (Å²) in [7, 11) is 1.07. The molecule has 0 aliphatic rings. The number of carbonyl (C=O) groups is 2. The van der Waals surface area contributed by atoms with Crippen LogP contribution in [0.15, 0.2) is 35.7 Å². The van der Waals surface area contributed by atoms with E-state index in [1.807, 2.05) is 0 Å². The number of halogens is 3. The van der Waals surface area contributed by atoms with Crippen LogP contribution in [0.1, 0.15) is 20.0 Å². The zero-order valence-electron chi connectivity index (χ0n) is 12.3. The number of rotatable bonds is 4. The standard InChI is InChI=1S/C13H10BF3NO3S.K/c1-21-13(20)8-5-9(14(15,16)17)7-10(6-8)18-12(19)11-3-2-4-22-11;/h2-7H,1H3,(H,18,19);/q-1;+1. The number of methoxy groups -OCH3 is 1. The Morgan fingerprint density at radius 1 is 1.22 bits per heavy atom. The number of esters is 1. The molecular weight excluding hydrogens is 357 g/mol. The van der Waals surface area contributed by atoms with Crippen LogP contribution < -0.4 is 62.2 Å². The molecule has 2 rings (SSSR count). The summed E-state index contributed by atoms with van der Waals surface area (Å²) < 4.78 is 43.2. The SMILES string of the molecule is COC(=O)c1cc(NC(=O)c2cccs2)cc([B-](F)(F)F)c1.[K+]. The van der Waals surface area contributed by atoms with Gasteiger partial charge in [0, 0.05) is 5.69 Å². The Morgan fingerprint density at radius 2 is 1.91 bits per heavy atom. The number of anilines is 1. The molecule has 0 saturated heterocycles.